The van der Waals surface area contributed by atoms with Crippen LogP contribution in [0.5, 0.6) is 5.75 Å². The zero-order chi connectivity index (χ0) is 15.0. The highest BCUT2D eigenvalue weighted by molar-refractivity contribution is 5.69. The van der Waals surface area contributed by atoms with E-state index >= 15 is 0 Å². The monoisotopic (exact) mass is 264 g/mol. The van der Waals surface area contributed by atoms with Gasteiger partial charge in [0.1, 0.15) is 5.75 Å². The van der Waals surface area contributed by atoms with E-state index in [1.54, 1.807) is 0 Å². The van der Waals surface area contributed by atoms with Gasteiger partial charge in [-0.1, -0.05) is 46.8 Å². The van der Waals surface area contributed by atoms with Crippen LogP contribution in [-0.4, -0.2) is 16.2 Å². The van der Waals surface area contributed by atoms with Crippen molar-refractivity contribution in [1.29, 1.82) is 0 Å². The molecule has 3 heteroatoms. The Morgan fingerprint density at radius 2 is 1.68 bits per heavy atom. The van der Waals surface area contributed by atoms with Crippen LogP contribution >= 0.6 is 0 Å². The summed E-state index contributed by atoms with van der Waals surface area (Å²) in [4.78, 5) is 11.0. The highest BCUT2D eigenvalue weighted by Gasteiger charge is 2.28. The van der Waals surface area contributed by atoms with Gasteiger partial charge in [0.2, 0.25) is 0 Å². The molecule has 1 aromatic carbocycles. The molecule has 1 aromatic rings. The van der Waals surface area contributed by atoms with Gasteiger partial charge in [-0.3, -0.25) is 4.79 Å². The Morgan fingerprint density at radius 1 is 1.16 bits per heavy atom. The van der Waals surface area contributed by atoms with E-state index in [4.69, 9.17) is 5.11 Å². The molecule has 1 rings (SSSR count). The zero-order valence-corrected chi connectivity index (χ0v) is 12.7. The average Bonchev–Trinajstić information content (AvgIpc) is 2.17. The Hall–Kier alpha value is -1.51. The lowest BCUT2D eigenvalue weighted by Crippen LogP contribution is -2.23. The standard InChI is InChI=1S/C16H24O3/c1-10-7-11(16(5,6)9-13(17)18)8-12(14(10)19)15(2,3)4/h7-8,19H,9H2,1-6H3,(H,17,18). The van der Waals surface area contributed by atoms with Crippen molar-refractivity contribution in [3.8, 4) is 5.75 Å². The van der Waals surface area contributed by atoms with Gasteiger partial charge in [-0.2, -0.15) is 0 Å². The Labute approximate surface area is 115 Å². The van der Waals surface area contributed by atoms with Crippen LogP contribution < -0.4 is 0 Å². The summed E-state index contributed by atoms with van der Waals surface area (Å²) in [5.41, 5.74) is 1.98. The summed E-state index contributed by atoms with van der Waals surface area (Å²) >= 11 is 0. The normalized spacial score (nSPS) is 12.5. The van der Waals surface area contributed by atoms with Crippen LogP contribution in [0, 0.1) is 6.92 Å². The first-order chi connectivity index (χ1) is 8.45. The van der Waals surface area contributed by atoms with Crippen molar-refractivity contribution in [3.05, 3.63) is 28.8 Å². The van der Waals surface area contributed by atoms with E-state index in [0.717, 1.165) is 16.7 Å². The van der Waals surface area contributed by atoms with Gasteiger partial charge >= 0.3 is 5.97 Å². The van der Waals surface area contributed by atoms with Crippen molar-refractivity contribution in [2.24, 2.45) is 0 Å². The molecule has 0 atom stereocenters. The quantitative estimate of drug-likeness (QED) is 0.874. The second-order valence-corrected chi connectivity index (χ2v) is 6.89. The summed E-state index contributed by atoms with van der Waals surface area (Å²) in [7, 11) is 0. The molecular weight excluding hydrogens is 240 g/mol. The van der Waals surface area contributed by atoms with Gasteiger partial charge in [-0.05, 0) is 29.0 Å². The summed E-state index contributed by atoms with van der Waals surface area (Å²) in [5, 5.41) is 19.2. The third-order valence-electron chi connectivity index (χ3n) is 3.48. The fourth-order valence-electron chi connectivity index (χ4n) is 2.22. The lowest BCUT2D eigenvalue weighted by Gasteiger charge is -2.28. The van der Waals surface area contributed by atoms with Crippen LogP contribution in [0.1, 0.15) is 57.7 Å². The summed E-state index contributed by atoms with van der Waals surface area (Å²) in [6, 6.07) is 3.82. The zero-order valence-electron chi connectivity index (χ0n) is 12.7. The van der Waals surface area contributed by atoms with Crippen molar-refractivity contribution in [2.45, 2.75) is 58.8 Å². The SMILES string of the molecule is Cc1cc(C(C)(C)CC(=O)O)cc(C(C)(C)C)c1O. The van der Waals surface area contributed by atoms with Crippen molar-refractivity contribution in [3.63, 3.8) is 0 Å². The minimum Gasteiger partial charge on any atom is -0.507 e. The molecule has 0 aliphatic rings. The number of aliphatic carboxylic acids is 1. The molecule has 0 saturated carbocycles. The number of carboxylic acids is 1. The number of aromatic hydroxyl groups is 1. The summed E-state index contributed by atoms with van der Waals surface area (Å²) in [6.07, 6.45) is 0.0702. The van der Waals surface area contributed by atoms with E-state index in [2.05, 4.69) is 0 Å². The number of hydrogen-bond acceptors (Lipinski definition) is 2. The fourth-order valence-corrected chi connectivity index (χ4v) is 2.22. The van der Waals surface area contributed by atoms with Crippen LogP contribution in [0.2, 0.25) is 0 Å². The molecule has 0 aromatic heterocycles. The van der Waals surface area contributed by atoms with Crippen molar-refractivity contribution < 1.29 is 15.0 Å². The van der Waals surface area contributed by atoms with E-state index in [0.29, 0.717) is 5.75 Å². The molecule has 19 heavy (non-hydrogen) atoms. The number of benzene rings is 1. The van der Waals surface area contributed by atoms with Crippen molar-refractivity contribution in [1.82, 2.24) is 0 Å². The highest BCUT2D eigenvalue weighted by atomic mass is 16.4. The molecule has 0 amide bonds. The first kappa shape index (κ1) is 15.5. The molecule has 2 N–H and O–H groups in total. The van der Waals surface area contributed by atoms with Crippen LogP contribution in [-0.2, 0) is 15.6 Å². The maximum absolute atomic E-state index is 11.0. The number of rotatable bonds is 3. The van der Waals surface area contributed by atoms with Crippen LogP contribution in [0.4, 0.5) is 0 Å². The van der Waals surface area contributed by atoms with E-state index in [9.17, 15) is 9.90 Å². The summed E-state index contributed by atoms with van der Waals surface area (Å²) in [5.74, 6) is -0.504. The molecule has 3 nitrogen and oxygen atoms in total. The topological polar surface area (TPSA) is 57.5 Å². The molecule has 0 bridgehead atoms. The van der Waals surface area contributed by atoms with Gasteiger partial charge in [0.15, 0.2) is 0 Å². The predicted molar refractivity (Wildman–Crippen MR) is 76.8 cm³/mol. The highest BCUT2D eigenvalue weighted by Crippen LogP contribution is 2.38. The largest absolute Gasteiger partial charge is 0.507 e. The molecule has 0 radical (unpaired) electrons. The maximum atomic E-state index is 11.0. The van der Waals surface area contributed by atoms with Crippen LogP contribution in [0.15, 0.2) is 12.1 Å². The molecule has 0 aliphatic heterocycles. The van der Waals surface area contributed by atoms with E-state index in [1.165, 1.54) is 0 Å². The molecular formula is C16H24O3. The van der Waals surface area contributed by atoms with Crippen molar-refractivity contribution >= 4 is 5.97 Å². The maximum Gasteiger partial charge on any atom is 0.304 e. The van der Waals surface area contributed by atoms with Crippen LogP contribution in [0.25, 0.3) is 0 Å². The second kappa shape index (κ2) is 4.87. The van der Waals surface area contributed by atoms with Gasteiger partial charge in [0.05, 0.1) is 6.42 Å². The van der Waals surface area contributed by atoms with Gasteiger partial charge in [-0.15, -0.1) is 0 Å². The molecule has 0 saturated heterocycles. The van der Waals surface area contributed by atoms with E-state index < -0.39 is 11.4 Å². The van der Waals surface area contributed by atoms with E-state index in [1.807, 2.05) is 53.7 Å². The Bertz CT molecular complexity index is 493. The number of carbonyl (C=O) groups is 1. The molecule has 0 spiro atoms. The lowest BCUT2D eigenvalue weighted by molar-refractivity contribution is -0.138. The smallest absolute Gasteiger partial charge is 0.304 e. The molecule has 0 aliphatic carbocycles. The molecule has 0 unspecified atom stereocenters. The van der Waals surface area contributed by atoms with E-state index in [-0.39, 0.29) is 11.8 Å². The van der Waals surface area contributed by atoms with Crippen molar-refractivity contribution in [2.75, 3.05) is 0 Å². The minimum absolute atomic E-state index is 0.0702. The number of aryl methyl sites for hydroxylation is 1. The predicted octanol–water partition coefficient (Wildman–Crippen LogP) is 3.75. The first-order valence-electron chi connectivity index (χ1n) is 6.51. The third-order valence-corrected chi connectivity index (χ3v) is 3.48. The van der Waals surface area contributed by atoms with Gasteiger partial charge < -0.3 is 10.2 Å². The van der Waals surface area contributed by atoms with Gasteiger partial charge in [0.25, 0.3) is 0 Å². The molecule has 106 valence electrons. The molecule has 0 fully saturated rings. The Morgan fingerprint density at radius 3 is 2.11 bits per heavy atom. The second-order valence-electron chi connectivity index (χ2n) is 6.89. The average molecular weight is 264 g/mol. The van der Waals surface area contributed by atoms with Gasteiger partial charge in [-0.25, -0.2) is 0 Å². The number of hydrogen-bond donors (Lipinski definition) is 2. The Kier molecular flexibility index (Phi) is 3.99. The lowest BCUT2D eigenvalue weighted by atomic mass is 9.76. The summed E-state index contributed by atoms with van der Waals surface area (Å²) in [6.45, 7) is 11.8. The van der Waals surface area contributed by atoms with Crippen LogP contribution in [0.3, 0.4) is 0 Å². The molecule has 0 heterocycles. The third kappa shape index (κ3) is 3.49. The first-order valence-corrected chi connectivity index (χ1v) is 6.51. The minimum atomic E-state index is -0.812. The van der Waals surface area contributed by atoms with Gasteiger partial charge in [0, 0.05) is 5.41 Å². The number of phenols is 1. The number of carboxylic acid groups (broad SMARTS) is 1. The number of phenolic OH excluding ortho intramolecular Hbond substituents is 1. The summed E-state index contributed by atoms with van der Waals surface area (Å²) < 4.78 is 0. The fraction of sp³-hybridized carbons (Fsp3) is 0.562. The Balaban J connectivity index is 3.39.